The number of carbonyl (C=O) groups is 2. The van der Waals surface area contributed by atoms with Crippen LogP contribution in [0.3, 0.4) is 0 Å². The van der Waals surface area contributed by atoms with Crippen molar-refractivity contribution in [2.24, 2.45) is 23.7 Å². The molecule has 2 saturated heterocycles. The molecule has 3 aliphatic rings. The predicted molar refractivity (Wildman–Crippen MR) is 118 cm³/mol. The van der Waals surface area contributed by atoms with Crippen molar-refractivity contribution < 1.29 is 34.2 Å². The van der Waals surface area contributed by atoms with E-state index in [9.17, 15) is 29.9 Å². The number of nitrogens with zero attached hydrogens (tertiary/aromatic N) is 2. The summed E-state index contributed by atoms with van der Waals surface area (Å²) in [5.74, 6) is -5.41. The van der Waals surface area contributed by atoms with Crippen molar-refractivity contribution in [1.29, 1.82) is 0 Å². The second-order valence-corrected chi connectivity index (χ2v) is 9.10. The molecule has 2 amide bonds. The van der Waals surface area contributed by atoms with Gasteiger partial charge in [-0.25, -0.2) is 4.90 Å². The summed E-state index contributed by atoms with van der Waals surface area (Å²) in [6.07, 6.45) is -0.146. The number of methoxy groups -OCH3 is 1. The predicted octanol–water partition coefficient (Wildman–Crippen LogP) is 2.54. The summed E-state index contributed by atoms with van der Waals surface area (Å²) >= 11 is 0. The van der Waals surface area contributed by atoms with E-state index in [1.54, 1.807) is 18.2 Å². The quantitative estimate of drug-likeness (QED) is 0.388. The Morgan fingerprint density at radius 3 is 2.65 bits per heavy atom. The summed E-state index contributed by atoms with van der Waals surface area (Å²) < 4.78 is 11.4. The first kappa shape index (κ1) is 22.5. The smallest absolute Gasteiger partial charge is 0.271 e. The molecule has 2 aromatic carbocycles. The number of benzene rings is 2. The van der Waals surface area contributed by atoms with Crippen molar-refractivity contribution in [1.82, 2.24) is 0 Å². The van der Waals surface area contributed by atoms with E-state index < -0.39 is 52.3 Å². The second-order valence-electron chi connectivity index (χ2n) is 9.10. The number of nitro benzene ring substituents is 1. The highest BCUT2D eigenvalue weighted by Crippen LogP contribution is 2.58. The minimum absolute atomic E-state index is 0.0539. The van der Waals surface area contributed by atoms with Gasteiger partial charge < -0.3 is 19.7 Å². The molecule has 0 bridgehead atoms. The molecule has 6 atom stereocenters. The van der Waals surface area contributed by atoms with E-state index in [1.165, 1.54) is 37.4 Å². The van der Waals surface area contributed by atoms with Crippen LogP contribution < -0.4 is 4.90 Å². The summed E-state index contributed by atoms with van der Waals surface area (Å²) in [6.45, 7) is 0.126. The van der Waals surface area contributed by atoms with Crippen molar-refractivity contribution >= 4 is 23.2 Å². The van der Waals surface area contributed by atoms with Gasteiger partial charge in [0.1, 0.15) is 5.75 Å². The first-order valence-corrected chi connectivity index (χ1v) is 11.0. The lowest BCUT2D eigenvalue weighted by Crippen LogP contribution is -2.54. The molecule has 2 aromatic rings. The Labute approximate surface area is 194 Å². The molecule has 2 heterocycles. The number of rotatable bonds is 5. The Kier molecular flexibility index (Phi) is 5.38. The number of nitro groups is 1. The maximum atomic E-state index is 13.6. The SMILES string of the molecule is COC[C@H]1C[C@@H]2C(=O)N(c3cccc([N+](=O)[O-])c3)C(=O)[C@@H]2[C@@H]2C[C@@H](c3cccc(O)c3)O[C@]12O. The van der Waals surface area contributed by atoms with Crippen molar-refractivity contribution in [3.8, 4) is 5.75 Å². The van der Waals surface area contributed by atoms with Gasteiger partial charge in [0.15, 0.2) is 5.79 Å². The molecule has 178 valence electrons. The van der Waals surface area contributed by atoms with Gasteiger partial charge in [0.2, 0.25) is 11.8 Å². The number of hydrogen-bond donors (Lipinski definition) is 2. The van der Waals surface area contributed by atoms with Crippen molar-refractivity contribution in [2.45, 2.75) is 24.7 Å². The molecule has 3 fully saturated rings. The van der Waals surface area contributed by atoms with Crippen LogP contribution in [0.25, 0.3) is 0 Å². The van der Waals surface area contributed by atoms with Crippen LogP contribution in [-0.2, 0) is 19.1 Å². The highest BCUT2D eigenvalue weighted by Gasteiger charge is 2.67. The van der Waals surface area contributed by atoms with Crippen LogP contribution in [-0.4, -0.2) is 46.5 Å². The highest BCUT2D eigenvalue weighted by atomic mass is 16.6. The number of non-ortho nitro benzene ring substituents is 1. The van der Waals surface area contributed by atoms with Gasteiger partial charge in [0.25, 0.3) is 5.69 Å². The van der Waals surface area contributed by atoms with Gasteiger partial charge in [0, 0.05) is 31.1 Å². The van der Waals surface area contributed by atoms with Crippen LogP contribution in [0.5, 0.6) is 5.75 Å². The van der Waals surface area contributed by atoms with Crippen molar-refractivity contribution in [2.75, 3.05) is 18.6 Å². The fraction of sp³-hybridized carbons (Fsp3) is 0.417. The normalized spacial score (nSPS) is 32.5. The van der Waals surface area contributed by atoms with E-state index in [0.29, 0.717) is 5.56 Å². The Morgan fingerprint density at radius 1 is 1.18 bits per heavy atom. The van der Waals surface area contributed by atoms with E-state index in [0.717, 1.165) is 4.90 Å². The first-order chi connectivity index (χ1) is 16.2. The Bertz CT molecular complexity index is 1170. The van der Waals surface area contributed by atoms with Gasteiger partial charge in [-0.05, 0) is 36.6 Å². The molecule has 0 unspecified atom stereocenters. The lowest BCUT2D eigenvalue weighted by Gasteiger charge is -2.44. The molecule has 1 saturated carbocycles. The Morgan fingerprint density at radius 2 is 1.94 bits per heavy atom. The second kappa shape index (κ2) is 8.15. The van der Waals surface area contributed by atoms with Crippen LogP contribution in [0.2, 0.25) is 0 Å². The molecule has 10 heteroatoms. The van der Waals surface area contributed by atoms with Crippen molar-refractivity contribution in [3.63, 3.8) is 0 Å². The third-order valence-corrected chi connectivity index (χ3v) is 7.27. The van der Waals surface area contributed by atoms with Gasteiger partial charge in [0.05, 0.1) is 35.2 Å². The van der Waals surface area contributed by atoms with Crippen LogP contribution in [0.15, 0.2) is 48.5 Å². The number of anilines is 1. The number of imide groups is 1. The molecular formula is C24H24N2O8. The van der Waals surface area contributed by atoms with Crippen LogP contribution in [0.1, 0.15) is 24.5 Å². The molecule has 0 spiro atoms. The number of phenols is 1. The number of fused-ring (bicyclic) bond motifs is 3. The largest absolute Gasteiger partial charge is 0.508 e. The maximum absolute atomic E-state index is 13.6. The van der Waals surface area contributed by atoms with E-state index >= 15 is 0 Å². The van der Waals surface area contributed by atoms with Gasteiger partial charge >= 0.3 is 0 Å². The Balaban J connectivity index is 1.53. The molecule has 0 radical (unpaired) electrons. The van der Waals surface area contributed by atoms with Crippen LogP contribution in [0, 0.1) is 33.8 Å². The minimum atomic E-state index is -1.71. The van der Waals surface area contributed by atoms with Gasteiger partial charge in [-0.2, -0.15) is 0 Å². The minimum Gasteiger partial charge on any atom is -0.508 e. The number of amides is 2. The molecule has 5 rings (SSSR count). The number of phenolic OH excluding ortho intramolecular Hbond substituents is 1. The number of carbonyl (C=O) groups excluding carboxylic acids is 2. The Hall–Kier alpha value is -3.34. The van der Waals surface area contributed by atoms with Crippen molar-refractivity contribution in [3.05, 3.63) is 64.2 Å². The number of aliphatic hydroxyl groups is 1. The van der Waals surface area contributed by atoms with E-state index in [4.69, 9.17) is 9.47 Å². The standard InChI is InChI=1S/C24H24N2O8/c1-33-12-14-9-18-21(19-11-20(34-24(14,19)30)13-4-2-7-17(27)8-13)23(29)25(22(18)28)15-5-3-6-16(10-15)26(31)32/h2-8,10,14,18-21,27,30H,9,11-12H2,1H3/t14-,18+,19+,20+,21+,24-/m1/s1. The number of hydrogen-bond acceptors (Lipinski definition) is 8. The summed E-state index contributed by atoms with van der Waals surface area (Å²) in [6, 6.07) is 11.9. The lowest BCUT2D eigenvalue weighted by molar-refractivity contribution is -0.384. The first-order valence-electron chi connectivity index (χ1n) is 11.0. The fourth-order valence-electron chi connectivity index (χ4n) is 5.81. The molecular weight excluding hydrogens is 444 g/mol. The average molecular weight is 468 g/mol. The molecule has 2 N–H and O–H groups in total. The summed E-state index contributed by atoms with van der Waals surface area (Å²) in [5, 5.41) is 32.8. The lowest BCUT2D eigenvalue weighted by atomic mass is 9.64. The molecule has 1 aliphatic carbocycles. The van der Waals surface area contributed by atoms with E-state index in [1.807, 2.05) is 0 Å². The molecule has 34 heavy (non-hydrogen) atoms. The van der Waals surface area contributed by atoms with Gasteiger partial charge in [-0.1, -0.05) is 18.2 Å². The van der Waals surface area contributed by atoms with Crippen LogP contribution >= 0.6 is 0 Å². The fourth-order valence-corrected chi connectivity index (χ4v) is 5.81. The molecule has 0 aromatic heterocycles. The summed E-state index contributed by atoms with van der Waals surface area (Å²) in [4.78, 5) is 38.6. The van der Waals surface area contributed by atoms with Gasteiger partial charge in [-0.3, -0.25) is 19.7 Å². The number of aromatic hydroxyl groups is 1. The molecule has 2 aliphatic heterocycles. The number of ether oxygens (including phenoxy) is 2. The zero-order valence-corrected chi connectivity index (χ0v) is 18.4. The van der Waals surface area contributed by atoms with E-state index in [2.05, 4.69) is 0 Å². The maximum Gasteiger partial charge on any atom is 0.271 e. The summed E-state index contributed by atoms with van der Waals surface area (Å²) in [5.41, 5.74) is 0.562. The van der Waals surface area contributed by atoms with E-state index in [-0.39, 0.29) is 36.6 Å². The zero-order valence-electron chi connectivity index (χ0n) is 18.4. The molecule has 10 nitrogen and oxygen atoms in total. The topological polar surface area (TPSA) is 139 Å². The third kappa shape index (κ3) is 3.37. The third-order valence-electron chi connectivity index (χ3n) is 7.27. The zero-order chi connectivity index (χ0) is 24.2. The van der Waals surface area contributed by atoms with Crippen LogP contribution in [0.4, 0.5) is 11.4 Å². The monoisotopic (exact) mass is 468 g/mol. The highest BCUT2D eigenvalue weighted by molar-refractivity contribution is 6.22. The summed E-state index contributed by atoms with van der Waals surface area (Å²) in [7, 11) is 1.49. The average Bonchev–Trinajstić information content (AvgIpc) is 3.29. The van der Waals surface area contributed by atoms with Gasteiger partial charge in [-0.15, -0.1) is 0 Å².